The van der Waals surface area contributed by atoms with Crippen LogP contribution in [0, 0.1) is 17.8 Å². The molecule has 8 rings (SSSR count). The lowest BCUT2D eigenvalue weighted by molar-refractivity contribution is -0.138. The number of aromatic nitrogens is 4. The second kappa shape index (κ2) is 15.6. The monoisotopic (exact) mass is 773 g/mol. The number of nitrogens with zero attached hydrogens (tertiary/aromatic N) is 4. The first kappa shape index (κ1) is 38.6. The summed E-state index contributed by atoms with van der Waals surface area (Å²) in [5.41, 5.74) is 5.51. The van der Waals surface area contributed by atoms with Crippen LogP contribution in [0.2, 0.25) is 0 Å². The lowest BCUT2D eigenvalue weighted by atomic mass is 9.91. The Balaban J connectivity index is 1.02. The number of carbonyl (C=O) groups is 3. The van der Waals surface area contributed by atoms with Gasteiger partial charge in [-0.15, -0.1) is 0 Å². The van der Waals surface area contributed by atoms with Crippen molar-refractivity contribution in [3.8, 4) is 22.4 Å². The predicted molar refractivity (Wildman–Crippen MR) is 220 cm³/mol. The summed E-state index contributed by atoms with van der Waals surface area (Å²) in [6.07, 6.45) is 6.67. The number of H-pyrrole nitrogens is 2. The van der Waals surface area contributed by atoms with Gasteiger partial charge >= 0.3 is 6.09 Å². The highest BCUT2D eigenvalue weighted by Crippen LogP contribution is 2.44. The number of imidazole rings is 2. The van der Waals surface area contributed by atoms with Crippen molar-refractivity contribution >= 4 is 39.7 Å². The van der Waals surface area contributed by atoms with Gasteiger partial charge in [-0.3, -0.25) is 9.59 Å². The second-order valence-electron chi connectivity index (χ2n) is 17.0. The number of ether oxygens (including phenoxy) is 2. The molecule has 1 spiro atoms. The van der Waals surface area contributed by atoms with E-state index in [0.29, 0.717) is 31.3 Å². The van der Waals surface area contributed by atoms with Crippen LogP contribution in [0.4, 0.5) is 4.79 Å². The maximum Gasteiger partial charge on any atom is 0.407 e. The number of fused-ring (bicyclic) bond motifs is 3. The molecule has 5 aromatic rings. The number of methoxy groups -OCH3 is 1. The van der Waals surface area contributed by atoms with Crippen LogP contribution in [-0.2, 0) is 19.1 Å². The van der Waals surface area contributed by atoms with Crippen molar-refractivity contribution in [3.63, 3.8) is 0 Å². The molecule has 0 unspecified atom stereocenters. The minimum absolute atomic E-state index is 0.0216. The lowest BCUT2D eigenvalue weighted by Crippen LogP contribution is -2.52. The highest BCUT2D eigenvalue weighted by atomic mass is 16.5. The van der Waals surface area contributed by atoms with Crippen LogP contribution in [0.3, 0.4) is 0 Å². The summed E-state index contributed by atoms with van der Waals surface area (Å²) in [4.78, 5) is 60.5. The molecule has 0 radical (unpaired) electrons. The maximum absolute atomic E-state index is 14.1. The van der Waals surface area contributed by atoms with Gasteiger partial charge in [-0.2, -0.15) is 0 Å². The quantitative estimate of drug-likeness (QED) is 0.137. The van der Waals surface area contributed by atoms with Gasteiger partial charge in [0.05, 0.1) is 54.3 Å². The highest BCUT2D eigenvalue weighted by Gasteiger charge is 2.50. The van der Waals surface area contributed by atoms with E-state index in [2.05, 4.69) is 83.7 Å². The van der Waals surface area contributed by atoms with Gasteiger partial charge in [0, 0.05) is 30.9 Å². The number of alkyl carbamates (subject to hydrolysis) is 1. The van der Waals surface area contributed by atoms with Crippen molar-refractivity contribution in [1.29, 1.82) is 0 Å². The van der Waals surface area contributed by atoms with Crippen LogP contribution in [0.5, 0.6) is 0 Å². The van der Waals surface area contributed by atoms with Crippen LogP contribution >= 0.6 is 0 Å². The third-order valence-corrected chi connectivity index (χ3v) is 12.7. The number of aromatic amines is 2. The summed E-state index contributed by atoms with van der Waals surface area (Å²) in [5.74, 6) is 1.74. The Kier molecular flexibility index (Phi) is 10.6. The van der Waals surface area contributed by atoms with Crippen LogP contribution in [0.15, 0.2) is 60.8 Å². The van der Waals surface area contributed by atoms with Crippen molar-refractivity contribution < 1.29 is 23.9 Å². The fraction of sp³-hybridized carbons (Fsp3) is 0.489. The van der Waals surface area contributed by atoms with Crippen LogP contribution in [0.25, 0.3) is 44.2 Å². The fourth-order valence-electron chi connectivity index (χ4n) is 9.01. The highest BCUT2D eigenvalue weighted by molar-refractivity contribution is 6.05. The Labute approximate surface area is 334 Å². The Morgan fingerprint density at radius 1 is 0.860 bits per heavy atom. The Morgan fingerprint density at radius 2 is 1.63 bits per heavy atom. The minimum Gasteiger partial charge on any atom is -0.453 e. The Hall–Kier alpha value is -5.23. The number of benzene rings is 3. The molecule has 3 saturated heterocycles. The third kappa shape index (κ3) is 7.40. The molecule has 12 nitrogen and oxygen atoms in total. The number of hydrogen-bond donors (Lipinski definition) is 3. The molecular formula is C45H55N7O5. The van der Waals surface area contributed by atoms with E-state index in [1.165, 1.54) is 7.11 Å². The van der Waals surface area contributed by atoms with Gasteiger partial charge in [0.25, 0.3) is 0 Å². The molecule has 5 heterocycles. The molecule has 300 valence electrons. The molecule has 2 aromatic heterocycles. The molecule has 3 fully saturated rings. The van der Waals surface area contributed by atoms with E-state index in [0.717, 1.165) is 88.7 Å². The van der Waals surface area contributed by atoms with E-state index in [9.17, 15) is 14.4 Å². The zero-order chi connectivity index (χ0) is 40.0. The summed E-state index contributed by atoms with van der Waals surface area (Å²) >= 11 is 0. The lowest BCUT2D eigenvalue weighted by Gasteiger charge is -2.34. The van der Waals surface area contributed by atoms with E-state index >= 15 is 0 Å². The van der Waals surface area contributed by atoms with Gasteiger partial charge in [0.2, 0.25) is 11.8 Å². The molecule has 0 bridgehead atoms. The molecule has 0 saturated carbocycles. The van der Waals surface area contributed by atoms with Gasteiger partial charge in [0.1, 0.15) is 17.7 Å². The molecule has 0 aliphatic carbocycles. The summed E-state index contributed by atoms with van der Waals surface area (Å²) in [6.45, 7) is 12.0. The summed E-state index contributed by atoms with van der Waals surface area (Å²) < 4.78 is 11.2. The number of nitrogens with one attached hydrogen (secondary N) is 3. The van der Waals surface area contributed by atoms with E-state index in [4.69, 9.17) is 19.4 Å². The standard InChI is InChI=1S/C45H55N7O5/c1-26(2)28(5)42(53)51-20-9-10-36(51)41-47-34-18-16-32-22-31(15-17-33(32)39(34)49-41)29-11-13-30(14-12-29)35-24-46-40(48-35)37-23-45(19-7-8-21-57-45)25-52(37)43(54)38(27(3)4)50-44(55)56-6/h11-18,22,24,26-28,36-38H,7-10,19-21,23,25H2,1-6H3,(H,46,48)(H,47,49)(H,50,55)/t28-,36-,37-,38-,45-/m0/s1. The largest absolute Gasteiger partial charge is 0.453 e. The number of hydrogen-bond acceptors (Lipinski definition) is 7. The topological polar surface area (TPSA) is 146 Å². The van der Waals surface area contributed by atoms with Gasteiger partial charge < -0.3 is 34.6 Å². The zero-order valence-corrected chi connectivity index (χ0v) is 33.9. The number of likely N-dealkylation sites (tertiary alicyclic amines) is 2. The molecule has 3 aliphatic heterocycles. The first-order chi connectivity index (χ1) is 27.4. The summed E-state index contributed by atoms with van der Waals surface area (Å²) in [6, 6.07) is 18.0. The van der Waals surface area contributed by atoms with Crippen LogP contribution < -0.4 is 5.32 Å². The maximum atomic E-state index is 14.1. The van der Waals surface area contributed by atoms with Crippen molar-refractivity contribution in [1.82, 2.24) is 35.1 Å². The van der Waals surface area contributed by atoms with E-state index in [1.54, 1.807) is 0 Å². The van der Waals surface area contributed by atoms with Crippen molar-refractivity contribution in [2.75, 3.05) is 26.8 Å². The number of rotatable bonds is 9. The van der Waals surface area contributed by atoms with Crippen molar-refractivity contribution in [2.24, 2.45) is 17.8 Å². The van der Waals surface area contributed by atoms with E-state index in [-0.39, 0.29) is 35.7 Å². The van der Waals surface area contributed by atoms with Gasteiger partial charge in [-0.25, -0.2) is 14.8 Å². The molecule has 57 heavy (non-hydrogen) atoms. The molecule has 5 atom stereocenters. The first-order valence-corrected chi connectivity index (χ1v) is 20.6. The average Bonchev–Trinajstić information content (AvgIpc) is 4.05. The van der Waals surface area contributed by atoms with E-state index < -0.39 is 17.7 Å². The molecule has 12 heteroatoms. The summed E-state index contributed by atoms with van der Waals surface area (Å²) in [5, 5.41) is 4.93. The van der Waals surface area contributed by atoms with E-state index in [1.807, 2.05) is 36.8 Å². The predicted octanol–water partition coefficient (Wildman–Crippen LogP) is 8.32. The second-order valence-corrected chi connectivity index (χ2v) is 17.0. The SMILES string of the molecule is COC(=O)N[C@H](C(=O)N1C[C@]2(CCCCO2)C[C@H]1c1ncc(-c2ccc(-c3ccc4c(ccc5[nH]c([C@@H]6CCCN6C(=O)[C@@H](C)C(C)C)nc54)c3)cc2)[nH]1)C(C)C. The van der Waals surface area contributed by atoms with Crippen molar-refractivity contribution in [2.45, 2.75) is 96.9 Å². The minimum atomic E-state index is -0.739. The van der Waals surface area contributed by atoms with Gasteiger partial charge in [-0.05, 0) is 78.1 Å². The number of amides is 3. The first-order valence-electron chi connectivity index (χ1n) is 20.6. The molecule has 3 amide bonds. The number of carbonyl (C=O) groups excluding carboxylic acids is 3. The molecule has 3 N–H and O–H groups in total. The smallest absolute Gasteiger partial charge is 0.407 e. The Bertz CT molecular complexity index is 2270. The van der Waals surface area contributed by atoms with Gasteiger partial charge in [0.15, 0.2) is 0 Å². The Morgan fingerprint density at radius 3 is 2.35 bits per heavy atom. The van der Waals surface area contributed by atoms with Crippen molar-refractivity contribution in [3.05, 3.63) is 72.4 Å². The van der Waals surface area contributed by atoms with Crippen LogP contribution in [0.1, 0.15) is 96.9 Å². The average molecular weight is 774 g/mol. The third-order valence-electron chi connectivity index (χ3n) is 12.7. The zero-order valence-electron chi connectivity index (χ0n) is 33.9. The molecule has 3 aromatic carbocycles. The molecule has 3 aliphatic rings. The molecular weight excluding hydrogens is 719 g/mol. The van der Waals surface area contributed by atoms with Crippen LogP contribution in [-0.4, -0.2) is 86.1 Å². The normalized spacial score (nSPS) is 22.2. The summed E-state index contributed by atoms with van der Waals surface area (Å²) in [7, 11) is 1.30. The fourth-order valence-corrected chi connectivity index (χ4v) is 9.01. The van der Waals surface area contributed by atoms with Gasteiger partial charge in [-0.1, -0.05) is 77.1 Å².